The molecule has 4 N–H and O–H groups in total. The number of benzene rings is 1. The van der Waals surface area contributed by atoms with Gasteiger partial charge in [-0.3, -0.25) is 0 Å². The van der Waals surface area contributed by atoms with Crippen LogP contribution in [0, 0.1) is 5.82 Å². The molecule has 0 saturated heterocycles. The number of nitrogens with two attached hydrogens (primary N) is 2. The Balaban J connectivity index is 2.42. The molecule has 6 heteroatoms. The fraction of sp³-hybridized carbons (Fsp3) is 0.300. The van der Waals surface area contributed by atoms with Gasteiger partial charge in [-0.25, -0.2) is 13.8 Å². The molecule has 0 radical (unpaired) electrons. The minimum atomic E-state index is -1.43. The van der Waals surface area contributed by atoms with Crippen LogP contribution in [0.2, 0.25) is 0 Å². The van der Waals surface area contributed by atoms with Crippen LogP contribution in [-0.4, -0.2) is 18.8 Å². The van der Waals surface area contributed by atoms with Crippen molar-refractivity contribution < 1.29 is 13.5 Å². The van der Waals surface area contributed by atoms with Gasteiger partial charge in [0.2, 0.25) is 0 Å². The maximum Gasteiger partial charge on any atom is 0.282 e. The van der Waals surface area contributed by atoms with Gasteiger partial charge < -0.3 is 16.2 Å². The molecule has 0 spiro atoms. The number of aliphatic imine (C=N–C) groups is 1. The second kappa shape index (κ2) is 3.96. The third kappa shape index (κ3) is 1.91. The van der Waals surface area contributed by atoms with Gasteiger partial charge in [0.15, 0.2) is 6.17 Å². The molecule has 1 heterocycles. The molecule has 1 aromatic rings. The van der Waals surface area contributed by atoms with Crippen molar-refractivity contribution in [2.75, 3.05) is 12.3 Å². The van der Waals surface area contributed by atoms with Crippen LogP contribution in [0.15, 0.2) is 23.2 Å². The van der Waals surface area contributed by atoms with Crippen molar-refractivity contribution in [2.24, 2.45) is 10.7 Å². The first-order chi connectivity index (χ1) is 7.58. The number of rotatable bonds is 1. The molecular weight excluding hydrogens is 216 g/mol. The molecule has 0 saturated carbocycles. The molecule has 1 aliphatic rings. The van der Waals surface area contributed by atoms with E-state index in [2.05, 4.69) is 4.99 Å². The van der Waals surface area contributed by atoms with Crippen LogP contribution in [-0.2, 0) is 4.74 Å². The summed E-state index contributed by atoms with van der Waals surface area (Å²) in [6, 6.07) is 2.81. The number of hydrogen-bond acceptors (Lipinski definition) is 4. The average molecular weight is 227 g/mol. The normalized spacial score (nSPS) is 24.8. The highest BCUT2D eigenvalue weighted by molar-refractivity contribution is 5.72. The highest BCUT2D eigenvalue weighted by Gasteiger charge is 2.30. The maximum absolute atomic E-state index is 13.5. The number of hydrogen-bond donors (Lipinski definition) is 2. The van der Waals surface area contributed by atoms with Crippen LogP contribution in [0.4, 0.5) is 14.5 Å². The van der Waals surface area contributed by atoms with Gasteiger partial charge in [-0.05, 0) is 18.2 Å². The lowest BCUT2D eigenvalue weighted by Crippen LogP contribution is -2.32. The zero-order valence-corrected chi connectivity index (χ0v) is 8.36. The molecule has 0 aliphatic carbocycles. The molecule has 2 unspecified atom stereocenters. The molecule has 0 bridgehead atoms. The van der Waals surface area contributed by atoms with Crippen LogP contribution < -0.4 is 11.5 Å². The van der Waals surface area contributed by atoms with E-state index in [1.807, 2.05) is 0 Å². The van der Waals surface area contributed by atoms with Crippen LogP contribution in [0.1, 0.15) is 11.6 Å². The number of nitrogen functional groups attached to an aromatic ring is 1. The summed E-state index contributed by atoms with van der Waals surface area (Å²) in [4.78, 5) is 3.74. The zero-order chi connectivity index (χ0) is 11.7. The number of alkyl halides is 1. The van der Waals surface area contributed by atoms with Crippen molar-refractivity contribution in [3.8, 4) is 0 Å². The Hall–Kier alpha value is -1.85. The molecule has 4 nitrogen and oxygen atoms in total. The lowest BCUT2D eigenvalue weighted by atomic mass is 10.0. The lowest BCUT2D eigenvalue weighted by molar-refractivity contribution is 0.138. The first-order valence-corrected chi connectivity index (χ1v) is 4.73. The predicted octanol–water partition coefficient (Wildman–Crippen LogP) is 1.13. The van der Waals surface area contributed by atoms with Gasteiger partial charge in [0.05, 0.1) is 0 Å². The summed E-state index contributed by atoms with van der Waals surface area (Å²) in [5.41, 5.74) is 11.3. The van der Waals surface area contributed by atoms with Gasteiger partial charge in [-0.15, -0.1) is 0 Å². The summed E-state index contributed by atoms with van der Waals surface area (Å²) < 4.78 is 31.7. The molecule has 0 aromatic heterocycles. The van der Waals surface area contributed by atoms with E-state index in [9.17, 15) is 8.78 Å². The summed E-state index contributed by atoms with van der Waals surface area (Å²) in [5, 5.41) is 0. The molecule has 2 rings (SSSR count). The number of anilines is 1. The predicted molar refractivity (Wildman–Crippen MR) is 56.0 cm³/mol. The molecule has 0 fully saturated rings. The first-order valence-electron chi connectivity index (χ1n) is 4.73. The Bertz CT molecular complexity index is 436. The van der Waals surface area contributed by atoms with E-state index < -0.39 is 18.0 Å². The Morgan fingerprint density at radius 2 is 2.12 bits per heavy atom. The van der Waals surface area contributed by atoms with E-state index >= 15 is 0 Å². The summed E-state index contributed by atoms with van der Waals surface area (Å²) in [6.07, 6.45) is -1.43. The standard InChI is InChI=1S/C10H11F2N3O/c11-7-2-1-5(13)3-6(7)9-8(12)4-16-10(14)15-9/h1-3,8-9H,4,13H2,(H2,14,15). The van der Waals surface area contributed by atoms with E-state index in [4.69, 9.17) is 16.2 Å². The van der Waals surface area contributed by atoms with Gasteiger partial charge >= 0.3 is 0 Å². The van der Waals surface area contributed by atoms with Crippen molar-refractivity contribution >= 4 is 11.7 Å². The van der Waals surface area contributed by atoms with Crippen LogP contribution in [0.25, 0.3) is 0 Å². The van der Waals surface area contributed by atoms with E-state index in [1.54, 1.807) is 0 Å². The summed E-state index contributed by atoms with van der Waals surface area (Å²) >= 11 is 0. The Morgan fingerprint density at radius 3 is 2.88 bits per heavy atom. The Morgan fingerprint density at radius 1 is 1.38 bits per heavy atom. The molecule has 2 atom stereocenters. The second-order valence-electron chi connectivity index (χ2n) is 3.52. The van der Waals surface area contributed by atoms with Gasteiger partial charge in [-0.2, -0.15) is 0 Å². The van der Waals surface area contributed by atoms with Gasteiger partial charge in [-0.1, -0.05) is 0 Å². The smallest absolute Gasteiger partial charge is 0.282 e. The van der Waals surface area contributed by atoms with Crippen molar-refractivity contribution in [1.82, 2.24) is 0 Å². The number of nitrogens with zero attached hydrogens (tertiary/aromatic N) is 1. The zero-order valence-electron chi connectivity index (χ0n) is 8.36. The average Bonchev–Trinajstić information content (AvgIpc) is 2.25. The minimum Gasteiger partial charge on any atom is -0.462 e. The van der Waals surface area contributed by atoms with Gasteiger partial charge in [0.1, 0.15) is 18.5 Å². The van der Waals surface area contributed by atoms with Gasteiger partial charge in [0, 0.05) is 11.3 Å². The third-order valence-corrected chi connectivity index (χ3v) is 2.34. The second-order valence-corrected chi connectivity index (χ2v) is 3.52. The fourth-order valence-corrected chi connectivity index (χ4v) is 1.56. The lowest BCUT2D eigenvalue weighted by Gasteiger charge is -2.23. The topological polar surface area (TPSA) is 73.6 Å². The van der Waals surface area contributed by atoms with Crippen LogP contribution in [0.3, 0.4) is 0 Å². The minimum absolute atomic E-state index is 0.0961. The quantitative estimate of drug-likeness (QED) is 0.706. The molecule has 1 aliphatic heterocycles. The Kier molecular flexibility index (Phi) is 2.64. The first kappa shape index (κ1) is 10.7. The van der Waals surface area contributed by atoms with E-state index in [0.717, 1.165) is 0 Å². The monoisotopic (exact) mass is 227 g/mol. The molecule has 0 amide bonds. The number of amidine groups is 1. The summed E-state index contributed by atoms with van der Waals surface area (Å²) in [6.45, 7) is -0.228. The highest BCUT2D eigenvalue weighted by atomic mass is 19.1. The molecular formula is C10H11F2N3O. The fourth-order valence-electron chi connectivity index (χ4n) is 1.56. The van der Waals surface area contributed by atoms with Crippen molar-refractivity contribution in [1.29, 1.82) is 0 Å². The SMILES string of the molecule is NC1=NC(c2cc(N)ccc2F)C(F)CO1. The largest absolute Gasteiger partial charge is 0.462 e. The number of halogens is 2. The summed E-state index contributed by atoms with van der Waals surface area (Å²) in [7, 11) is 0. The molecule has 16 heavy (non-hydrogen) atoms. The maximum atomic E-state index is 13.5. The van der Waals surface area contributed by atoms with Crippen LogP contribution >= 0.6 is 0 Å². The molecule has 86 valence electrons. The van der Waals surface area contributed by atoms with E-state index in [1.165, 1.54) is 18.2 Å². The molecule has 1 aromatic carbocycles. The third-order valence-electron chi connectivity index (χ3n) is 2.34. The van der Waals surface area contributed by atoms with E-state index in [0.29, 0.717) is 5.69 Å². The van der Waals surface area contributed by atoms with Crippen molar-refractivity contribution in [2.45, 2.75) is 12.2 Å². The number of ether oxygens (including phenoxy) is 1. The Labute approximate surface area is 90.9 Å². The van der Waals surface area contributed by atoms with Gasteiger partial charge in [0.25, 0.3) is 6.02 Å². The summed E-state index contributed by atoms with van der Waals surface area (Å²) in [5.74, 6) is -0.555. The van der Waals surface area contributed by atoms with Crippen molar-refractivity contribution in [3.63, 3.8) is 0 Å². The van der Waals surface area contributed by atoms with Crippen LogP contribution in [0.5, 0.6) is 0 Å². The van der Waals surface area contributed by atoms with E-state index in [-0.39, 0.29) is 18.2 Å². The van der Waals surface area contributed by atoms with Crippen molar-refractivity contribution in [3.05, 3.63) is 29.6 Å². The highest BCUT2D eigenvalue weighted by Crippen LogP contribution is 2.30.